The van der Waals surface area contributed by atoms with Crippen LogP contribution in [0.25, 0.3) is 17.1 Å². The summed E-state index contributed by atoms with van der Waals surface area (Å²) in [6, 6.07) is 11.9. The molecule has 0 radical (unpaired) electrons. The van der Waals surface area contributed by atoms with Gasteiger partial charge >= 0.3 is 0 Å². The Kier molecular flexibility index (Phi) is 4.55. The highest BCUT2D eigenvalue weighted by atomic mass is 32.1. The molecule has 0 saturated heterocycles. The van der Waals surface area contributed by atoms with Gasteiger partial charge in [-0.1, -0.05) is 18.2 Å². The molecule has 0 spiro atoms. The molecule has 4 aromatic rings. The van der Waals surface area contributed by atoms with Gasteiger partial charge in [0.05, 0.1) is 18.8 Å². The molecule has 1 aromatic carbocycles. The molecule has 4 rings (SSSR count). The Morgan fingerprint density at radius 2 is 2.12 bits per heavy atom. The molecule has 0 aliphatic rings. The van der Waals surface area contributed by atoms with Gasteiger partial charge in [-0.3, -0.25) is 0 Å². The lowest BCUT2D eigenvalue weighted by atomic mass is 10.2. The fourth-order valence-corrected chi connectivity index (χ4v) is 3.45. The molecule has 0 saturated carbocycles. The van der Waals surface area contributed by atoms with Gasteiger partial charge in [-0.15, -0.1) is 16.4 Å². The van der Waals surface area contributed by atoms with Crippen molar-refractivity contribution in [1.82, 2.24) is 35.0 Å². The molecule has 0 fully saturated rings. The first-order valence-electron chi connectivity index (χ1n) is 8.17. The molecule has 3 aromatic heterocycles. The van der Waals surface area contributed by atoms with Crippen molar-refractivity contribution in [2.75, 3.05) is 6.61 Å². The Morgan fingerprint density at radius 3 is 2.85 bits per heavy atom. The Balaban J connectivity index is 1.72. The summed E-state index contributed by atoms with van der Waals surface area (Å²) in [7, 11) is 0. The third kappa shape index (κ3) is 3.26. The van der Waals surface area contributed by atoms with Crippen molar-refractivity contribution in [3.05, 3.63) is 58.3 Å². The lowest BCUT2D eigenvalue weighted by molar-refractivity contribution is 0.270. The SMILES string of the molecule is Cc1nnnn1-c1cccc(-c2nc(Cc3cccs3)nn2CCO)c1. The van der Waals surface area contributed by atoms with Crippen LogP contribution < -0.4 is 0 Å². The molecule has 0 unspecified atom stereocenters. The molecule has 0 aliphatic carbocycles. The quantitative estimate of drug-likeness (QED) is 0.559. The number of aryl methyl sites for hydroxylation is 1. The third-order valence-electron chi connectivity index (χ3n) is 3.91. The summed E-state index contributed by atoms with van der Waals surface area (Å²) in [6.07, 6.45) is 0.675. The van der Waals surface area contributed by atoms with Crippen LogP contribution in [0.3, 0.4) is 0 Å². The molecule has 1 N–H and O–H groups in total. The summed E-state index contributed by atoms with van der Waals surface area (Å²) in [5, 5.41) is 27.6. The highest BCUT2D eigenvalue weighted by Crippen LogP contribution is 2.22. The van der Waals surface area contributed by atoms with Crippen LogP contribution in [0.4, 0.5) is 0 Å². The normalized spacial score (nSPS) is 11.2. The van der Waals surface area contributed by atoms with Crippen LogP contribution in [0.5, 0.6) is 0 Å². The number of benzene rings is 1. The number of thiophene rings is 1. The van der Waals surface area contributed by atoms with E-state index in [-0.39, 0.29) is 6.61 Å². The van der Waals surface area contributed by atoms with Crippen LogP contribution in [0.1, 0.15) is 16.5 Å². The maximum absolute atomic E-state index is 9.38. The topological polar surface area (TPSA) is 94.5 Å². The summed E-state index contributed by atoms with van der Waals surface area (Å²) >= 11 is 1.68. The van der Waals surface area contributed by atoms with E-state index >= 15 is 0 Å². The largest absolute Gasteiger partial charge is 0.394 e. The van der Waals surface area contributed by atoms with Crippen LogP contribution >= 0.6 is 11.3 Å². The van der Waals surface area contributed by atoms with Crippen molar-refractivity contribution in [1.29, 1.82) is 0 Å². The number of hydrogen-bond acceptors (Lipinski definition) is 7. The Labute approximate surface area is 153 Å². The number of aliphatic hydroxyl groups excluding tert-OH is 1. The third-order valence-corrected chi connectivity index (χ3v) is 4.79. The van der Waals surface area contributed by atoms with E-state index in [9.17, 15) is 5.11 Å². The Hall–Kier alpha value is -2.91. The van der Waals surface area contributed by atoms with Crippen molar-refractivity contribution < 1.29 is 5.11 Å². The molecule has 26 heavy (non-hydrogen) atoms. The minimum atomic E-state index is 0.000592. The molecule has 3 heterocycles. The van der Waals surface area contributed by atoms with E-state index in [0.717, 1.165) is 22.9 Å². The molecule has 0 aliphatic heterocycles. The molecular formula is C17H17N7OS. The molecule has 0 atom stereocenters. The predicted octanol–water partition coefficient (Wildman–Crippen LogP) is 1.87. The van der Waals surface area contributed by atoms with Crippen LogP contribution in [-0.4, -0.2) is 46.7 Å². The predicted molar refractivity (Wildman–Crippen MR) is 97.1 cm³/mol. The summed E-state index contributed by atoms with van der Waals surface area (Å²) in [4.78, 5) is 5.91. The number of aliphatic hydroxyl groups is 1. The van der Waals surface area contributed by atoms with E-state index in [2.05, 4.69) is 26.7 Å². The molecule has 0 bridgehead atoms. The molecule has 9 heteroatoms. The lowest BCUT2D eigenvalue weighted by Gasteiger charge is -2.06. The zero-order valence-corrected chi connectivity index (χ0v) is 15.0. The second kappa shape index (κ2) is 7.14. The second-order valence-electron chi connectivity index (χ2n) is 5.74. The maximum Gasteiger partial charge on any atom is 0.158 e. The average molecular weight is 367 g/mol. The van der Waals surface area contributed by atoms with Gasteiger partial charge in [-0.25, -0.2) is 9.67 Å². The van der Waals surface area contributed by atoms with E-state index in [0.29, 0.717) is 18.8 Å². The second-order valence-corrected chi connectivity index (χ2v) is 6.78. The lowest BCUT2D eigenvalue weighted by Crippen LogP contribution is -2.07. The first kappa shape index (κ1) is 16.6. The van der Waals surface area contributed by atoms with Crippen molar-refractivity contribution in [2.45, 2.75) is 19.9 Å². The average Bonchev–Trinajstić information content (AvgIpc) is 3.38. The van der Waals surface area contributed by atoms with Crippen molar-refractivity contribution in [3.63, 3.8) is 0 Å². The Bertz CT molecular complexity index is 1010. The van der Waals surface area contributed by atoms with Crippen LogP contribution in [-0.2, 0) is 13.0 Å². The van der Waals surface area contributed by atoms with Gasteiger partial charge in [0.1, 0.15) is 0 Å². The highest BCUT2D eigenvalue weighted by molar-refractivity contribution is 7.09. The number of rotatable bonds is 6. The van der Waals surface area contributed by atoms with Crippen molar-refractivity contribution in [2.24, 2.45) is 0 Å². The fourth-order valence-electron chi connectivity index (χ4n) is 2.74. The van der Waals surface area contributed by atoms with E-state index in [1.165, 1.54) is 4.88 Å². The van der Waals surface area contributed by atoms with Gasteiger partial charge < -0.3 is 5.11 Å². The van der Waals surface area contributed by atoms with Crippen LogP contribution in [0.15, 0.2) is 41.8 Å². The number of aromatic nitrogens is 7. The first-order chi connectivity index (χ1) is 12.7. The fraction of sp³-hybridized carbons (Fsp3) is 0.235. The standard InChI is InChI=1S/C17H17N7OS/c1-12-19-21-22-24(12)14-5-2-4-13(10-14)17-18-16(20-23(17)7-8-25)11-15-6-3-9-26-15/h2-6,9-10,25H,7-8,11H2,1H3. The van der Waals surface area contributed by atoms with E-state index in [1.54, 1.807) is 20.7 Å². The number of tetrazole rings is 1. The molecule has 132 valence electrons. The zero-order chi connectivity index (χ0) is 17.9. The van der Waals surface area contributed by atoms with Gasteiger partial charge in [-0.2, -0.15) is 9.78 Å². The van der Waals surface area contributed by atoms with Gasteiger partial charge in [0, 0.05) is 16.9 Å². The summed E-state index contributed by atoms with van der Waals surface area (Å²) in [5.74, 6) is 2.16. The molecular weight excluding hydrogens is 350 g/mol. The highest BCUT2D eigenvalue weighted by Gasteiger charge is 2.14. The van der Waals surface area contributed by atoms with E-state index in [1.807, 2.05) is 42.6 Å². The molecule has 0 amide bonds. The smallest absolute Gasteiger partial charge is 0.158 e. The van der Waals surface area contributed by atoms with Gasteiger partial charge in [-0.05, 0) is 40.9 Å². The Morgan fingerprint density at radius 1 is 1.19 bits per heavy atom. The maximum atomic E-state index is 9.38. The van der Waals surface area contributed by atoms with Gasteiger partial charge in [0.25, 0.3) is 0 Å². The van der Waals surface area contributed by atoms with E-state index in [4.69, 9.17) is 4.98 Å². The van der Waals surface area contributed by atoms with Crippen molar-refractivity contribution >= 4 is 11.3 Å². The van der Waals surface area contributed by atoms with Crippen LogP contribution in [0, 0.1) is 6.92 Å². The zero-order valence-electron chi connectivity index (χ0n) is 14.1. The van der Waals surface area contributed by atoms with E-state index < -0.39 is 0 Å². The van der Waals surface area contributed by atoms with Gasteiger partial charge in [0.15, 0.2) is 17.5 Å². The van der Waals surface area contributed by atoms with Crippen LogP contribution in [0.2, 0.25) is 0 Å². The first-order valence-corrected chi connectivity index (χ1v) is 9.05. The minimum Gasteiger partial charge on any atom is -0.394 e. The summed E-state index contributed by atoms with van der Waals surface area (Å²) in [5.41, 5.74) is 1.75. The van der Waals surface area contributed by atoms with Crippen molar-refractivity contribution in [3.8, 4) is 17.1 Å². The molecule has 8 nitrogen and oxygen atoms in total. The monoisotopic (exact) mass is 367 g/mol. The summed E-state index contributed by atoms with van der Waals surface area (Å²) < 4.78 is 3.41. The van der Waals surface area contributed by atoms with Gasteiger partial charge in [0.2, 0.25) is 0 Å². The minimum absolute atomic E-state index is 0.000592. The number of nitrogens with zero attached hydrogens (tertiary/aromatic N) is 7. The summed E-state index contributed by atoms with van der Waals surface area (Å²) in [6.45, 7) is 2.24. The number of hydrogen-bond donors (Lipinski definition) is 1.